The van der Waals surface area contributed by atoms with Gasteiger partial charge in [-0.15, -0.1) is 11.8 Å². The molecule has 1 aromatic heterocycles. The fourth-order valence-electron chi connectivity index (χ4n) is 0.690. The zero-order valence-corrected chi connectivity index (χ0v) is 7.50. The molecule has 3 nitrogen and oxygen atoms in total. The topological polar surface area (TPSA) is 59.1 Å². The Morgan fingerprint density at radius 1 is 1.50 bits per heavy atom. The maximum atomic E-state index is 8.66. The quantitative estimate of drug-likeness (QED) is 0.669. The number of aromatic nitrogens is 1. The van der Waals surface area contributed by atoms with Gasteiger partial charge in [-0.3, -0.25) is 4.98 Å². The SMILES string of the molecule is NC(CO)CSc1ccncc1. The number of nitrogens with zero attached hydrogens (tertiary/aromatic N) is 1. The van der Waals surface area contributed by atoms with Gasteiger partial charge in [0, 0.05) is 29.1 Å². The van der Waals surface area contributed by atoms with Gasteiger partial charge in [0.1, 0.15) is 0 Å². The monoisotopic (exact) mass is 184 g/mol. The molecule has 0 aromatic carbocycles. The second-order valence-corrected chi connectivity index (χ2v) is 3.53. The molecule has 0 aliphatic carbocycles. The number of rotatable bonds is 4. The first-order valence-electron chi connectivity index (χ1n) is 3.72. The molecule has 1 rings (SSSR count). The van der Waals surface area contributed by atoms with Crippen LogP contribution in [0.1, 0.15) is 0 Å². The summed E-state index contributed by atoms with van der Waals surface area (Å²) in [7, 11) is 0. The van der Waals surface area contributed by atoms with Crippen molar-refractivity contribution >= 4 is 11.8 Å². The van der Waals surface area contributed by atoms with Crippen LogP contribution in [0.15, 0.2) is 29.4 Å². The van der Waals surface area contributed by atoms with Crippen LogP contribution in [0, 0.1) is 0 Å². The van der Waals surface area contributed by atoms with Gasteiger partial charge in [-0.05, 0) is 12.1 Å². The average Bonchev–Trinajstić information content (AvgIpc) is 2.16. The second kappa shape index (κ2) is 5.13. The fourth-order valence-corrected chi connectivity index (χ4v) is 1.52. The number of thioether (sulfide) groups is 1. The molecule has 0 aliphatic heterocycles. The summed E-state index contributed by atoms with van der Waals surface area (Å²) in [4.78, 5) is 5.03. The van der Waals surface area contributed by atoms with Crippen molar-refractivity contribution in [1.82, 2.24) is 4.98 Å². The van der Waals surface area contributed by atoms with Crippen LogP contribution < -0.4 is 5.73 Å². The lowest BCUT2D eigenvalue weighted by molar-refractivity contribution is 0.275. The van der Waals surface area contributed by atoms with Crippen LogP contribution in [0.4, 0.5) is 0 Å². The first-order chi connectivity index (χ1) is 5.83. The molecule has 1 atom stereocenters. The van der Waals surface area contributed by atoms with Gasteiger partial charge in [0.2, 0.25) is 0 Å². The van der Waals surface area contributed by atoms with Gasteiger partial charge in [-0.25, -0.2) is 0 Å². The zero-order chi connectivity index (χ0) is 8.81. The third-order valence-electron chi connectivity index (χ3n) is 1.35. The van der Waals surface area contributed by atoms with Crippen LogP contribution in [0.25, 0.3) is 0 Å². The van der Waals surface area contributed by atoms with Crippen molar-refractivity contribution in [2.75, 3.05) is 12.4 Å². The minimum absolute atomic E-state index is 0.0398. The Kier molecular flexibility index (Phi) is 4.07. The highest BCUT2D eigenvalue weighted by Gasteiger charge is 2.00. The third kappa shape index (κ3) is 3.21. The molecule has 0 radical (unpaired) electrons. The molecule has 12 heavy (non-hydrogen) atoms. The Morgan fingerprint density at radius 2 is 2.17 bits per heavy atom. The summed E-state index contributed by atoms with van der Waals surface area (Å²) in [5.41, 5.74) is 5.53. The lowest BCUT2D eigenvalue weighted by Gasteiger charge is -2.06. The molecule has 1 heterocycles. The summed E-state index contributed by atoms with van der Waals surface area (Å²) in [5, 5.41) is 8.66. The molecular formula is C8H12N2OS. The number of nitrogens with two attached hydrogens (primary N) is 1. The molecule has 4 heteroatoms. The molecular weight excluding hydrogens is 172 g/mol. The Hall–Kier alpha value is -0.580. The van der Waals surface area contributed by atoms with Gasteiger partial charge in [0.15, 0.2) is 0 Å². The minimum Gasteiger partial charge on any atom is -0.395 e. The molecule has 1 aromatic rings. The van der Waals surface area contributed by atoms with Crippen LogP contribution in [0.2, 0.25) is 0 Å². The molecule has 0 saturated heterocycles. The normalized spacial score (nSPS) is 12.8. The molecule has 66 valence electrons. The molecule has 1 unspecified atom stereocenters. The lowest BCUT2D eigenvalue weighted by Crippen LogP contribution is -2.26. The van der Waals surface area contributed by atoms with E-state index in [0.717, 1.165) is 10.6 Å². The van der Waals surface area contributed by atoms with E-state index in [2.05, 4.69) is 4.98 Å². The van der Waals surface area contributed by atoms with Crippen molar-refractivity contribution < 1.29 is 5.11 Å². The molecule has 3 N–H and O–H groups in total. The Morgan fingerprint density at radius 3 is 2.75 bits per heavy atom. The summed E-state index contributed by atoms with van der Waals surface area (Å²) in [6.45, 7) is 0.0398. The van der Waals surface area contributed by atoms with E-state index >= 15 is 0 Å². The molecule has 0 spiro atoms. The Labute approximate surface area is 76.0 Å². The number of pyridine rings is 1. The standard InChI is InChI=1S/C8H12N2OS/c9-7(5-11)6-12-8-1-3-10-4-2-8/h1-4,7,11H,5-6,9H2. The van der Waals surface area contributed by atoms with Crippen molar-refractivity contribution in [2.45, 2.75) is 10.9 Å². The summed E-state index contributed by atoms with van der Waals surface area (Å²) >= 11 is 1.63. The number of hydrogen-bond donors (Lipinski definition) is 2. The maximum Gasteiger partial charge on any atom is 0.0590 e. The highest BCUT2D eigenvalue weighted by atomic mass is 32.2. The smallest absolute Gasteiger partial charge is 0.0590 e. The zero-order valence-electron chi connectivity index (χ0n) is 6.68. The van der Waals surface area contributed by atoms with Crippen LogP contribution in [-0.2, 0) is 0 Å². The van der Waals surface area contributed by atoms with Crippen molar-refractivity contribution in [1.29, 1.82) is 0 Å². The molecule has 0 fully saturated rings. The van der Waals surface area contributed by atoms with Crippen molar-refractivity contribution in [3.63, 3.8) is 0 Å². The van der Waals surface area contributed by atoms with E-state index in [1.54, 1.807) is 24.2 Å². The molecule has 0 saturated carbocycles. The van der Waals surface area contributed by atoms with E-state index in [4.69, 9.17) is 10.8 Å². The highest BCUT2D eigenvalue weighted by Crippen LogP contribution is 2.16. The largest absolute Gasteiger partial charge is 0.395 e. The first-order valence-corrected chi connectivity index (χ1v) is 4.70. The van der Waals surface area contributed by atoms with Crippen LogP contribution in [0.3, 0.4) is 0 Å². The average molecular weight is 184 g/mol. The van der Waals surface area contributed by atoms with Gasteiger partial charge >= 0.3 is 0 Å². The summed E-state index contributed by atoms with van der Waals surface area (Å²) in [6, 6.07) is 3.71. The van der Waals surface area contributed by atoms with Gasteiger partial charge in [0.25, 0.3) is 0 Å². The minimum atomic E-state index is -0.136. The highest BCUT2D eigenvalue weighted by molar-refractivity contribution is 7.99. The van der Waals surface area contributed by atoms with E-state index < -0.39 is 0 Å². The van der Waals surface area contributed by atoms with Crippen LogP contribution in [-0.4, -0.2) is 28.5 Å². The molecule has 0 aliphatic rings. The Bertz CT molecular complexity index is 218. The van der Waals surface area contributed by atoms with Crippen LogP contribution in [0.5, 0.6) is 0 Å². The van der Waals surface area contributed by atoms with Crippen LogP contribution >= 0.6 is 11.8 Å². The van der Waals surface area contributed by atoms with E-state index in [9.17, 15) is 0 Å². The number of aliphatic hydroxyl groups excluding tert-OH is 1. The van der Waals surface area contributed by atoms with Crippen molar-refractivity contribution in [2.24, 2.45) is 5.73 Å². The van der Waals surface area contributed by atoms with E-state index in [-0.39, 0.29) is 12.6 Å². The van der Waals surface area contributed by atoms with Gasteiger partial charge in [-0.1, -0.05) is 0 Å². The van der Waals surface area contributed by atoms with Crippen molar-refractivity contribution in [3.8, 4) is 0 Å². The van der Waals surface area contributed by atoms with E-state index in [0.29, 0.717) is 0 Å². The van der Waals surface area contributed by atoms with Gasteiger partial charge < -0.3 is 10.8 Å². The molecule has 0 bridgehead atoms. The maximum absolute atomic E-state index is 8.66. The predicted molar refractivity (Wildman–Crippen MR) is 50.0 cm³/mol. The molecule has 0 amide bonds. The van der Waals surface area contributed by atoms with Crippen molar-refractivity contribution in [3.05, 3.63) is 24.5 Å². The summed E-state index contributed by atoms with van der Waals surface area (Å²) < 4.78 is 0. The van der Waals surface area contributed by atoms with E-state index in [1.807, 2.05) is 12.1 Å². The van der Waals surface area contributed by atoms with E-state index in [1.165, 1.54) is 0 Å². The number of hydrogen-bond acceptors (Lipinski definition) is 4. The summed E-state index contributed by atoms with van der Waals surface area (Å²) in [6.07, 6.45) is 3.49. The van der Waals surface area contributed by atoms with Gasteiger partial charge in [0.05, 0.1) is 6.61 Å². The predicted octanol–water partition coefficient (Wildman–Crippen LogP) is 0.493. The third-order valence-corrected chi connectivity index (χ3v) is 2.55. The fraction of sp³-hybridized carbons (Fsp3) is 0.375. The Balaban J connectivity index is 2.33. The summed E-state index contributed by atoms with van der Waals surface area (Å²) in [5.74, 6) is 0.737. The van der Waals surface area contributed by atoms with Gasteiger partial charge in [-0.2, -0.15) is 0 Å². The lowest BCUT2D eigenvalue weighted by atomic mass is 10.4. The second-order valence-electron chi connectivity index (χ2n) is 2.44. The number of aliphatic hydroxyl groups is 1. The first kappa shape index (κ1) is 9.51.